The van der Waals surface area contributed by atoms with Crippen molar-refractivity contribution in [3.63, 3.8) is 0 Å². The van der Waals surface area contributed by atoms with Crippen LogP contribution in [0.1, 0.15) is 17.5 Å². The van der Waals surface area contributed by atoms with Crippen molar-refractivity contribution in [2.75, 3.05) is 19.8 Å². The van der Waals surface area contributed by atoms with E-state index in [1.807, 2.05) is 12.1 Å². The molecule has 2 radical (unpaired) electrons. The monoisotopic (exact) mass is 548 g/mol. The lowest BCUT2D eigenvalue weighted by Gasteiger charge is -2.47. The molecule has 3 amide bonds. The van der Waals surface area contributed by atoms with Gasteiger partial charge in [0, 0.05) is 19.4 Å². The van der Waals surface area contributed by atoms with Gasteiger partial charge >= 0.3 is 25.8 Å². The summed E-state index contributed by atoms with van der Waals surface area (Å²) in [7, 11) is 5.13. The van der Waals surface area contributed by atoms with Crippen LogP contribution in [-0.4, -0.2) is 94.2 Å². The molecule has 2 saturated heterocycles. The maximum Gasteiger partial charge on any atom is 0.378 e. The first-order chi connectivity index (χ1) is 18.8. The average Bonchev–Trinajstić information content (AvgIpc) is 2.95. The molecule has 13 heteroatoms. The molecular formula is C26H25BN4O7S. The summed E-state index contributed by atoms with van der Waals surface area (Å²) < 4.78 is 4.40. The molecule has 0 spiro atoms. The highest BCUT2D eigenvalue weighted by atomic mass is 32.2. The zero-order valence-corrected chi connectivity index (χ0v) is 21.6. The fourth-order valence-corrected chi connectivity index (χ4v) is 5.84. The van der Waals surface area contributed by atoms with E-state index in [1.165, 1.54) is 6.21 Å². The van der Waals surface area contributed by atoms with Gasteiger partial charge in [-0.25, -0.2) is 5.01 Å². The minimum atomic E-state index is -1.40. The molecule has 0 saturated carbocycles. The molecule has 0 aromatic heterocycles. The Balaban J connectivity index is 1.46. The number of thioether (sulfide) groups is 1. The van der Waals surface area contributed by atoms with Crippen molar-refractivity contribution in [1.82, 2.24) is 14.8 Å². The summed E-state index contributed by atoms with van der Waals surface area (Å²) in [4.78, 5) is 65.8. The first-order valence-electron chi connectivity index (χ1n) is 12.1. The number of aliphatic hydroxyl groups is 1. The topological polar surface area (TPSA) is 137 Å². The highest BCUT2D eigenvalue weighted by Crippen LogP contribution is 2.40. The standard InChI is InChI=1S/C26H25BN4O7S/c27-38-26(37)25(29-11-12-31(23(36)22(29)35)28-15-18-9-5-2-6-10-18)39-24-20(21(34)30(24)16-32)14-19(33)13-17-7-3-1-4-8-17/h1-10,15,20,24-25,32H,11-14,16H2/b28-15+/t20-,24-,25?/m1/s1. The van der Waals surface area contributed by atoms with E-state index in [2.05, 4.69) is 9.76 Å². The molecule has 4 rings (SSSR count). The van der Waals surface area contributed by atoms with E-state index >= 15 is 0 Å². The van der Waals surface area contributed by atoms with Crippen LogP contribution in [0.2, 0.25) is 0 Å². The Hall–Kier alpha value is -3.97. The van der Waals surface area contributed by atoms with Gasteiger partial charge in [0.1, 0.15) is 12.5 Å². The maximum atomic E-state index is 13.0. The summed E-state index contributed by atoms with van der Waals surface area (Å²) in [5, 5.41) is 12.6. The molecule has 200 valence electrons. The van der Waals surface area contributed by atoms with Crippen molar-refractivity contribution in [3.8, 4) is 0 Å². The van der Waals surface area contributed by atoms with Crippen LogP contribution in [0.4, 0.5) is 0 Å². The number of carbonyl (C=O) groups excluding carboxylic acids is 5. The van der Waals surface area contributed by atoms with Gasteiger partial charge in [-0.05, 0) is 11.1 Å². The molecule has 2 aliphatic rings. The van der Waals surface area contributed by atoms with E-state index in [0.717, 1.165) is 37.7 Å². The van der Waals surface area contributed by atoms with Gasteiger partial charge in [-0.1, -0.05) is 72.4 Å². The third kappa shape index (κ3) is 6.37. The second-order valence-electron chi connectivity index (χ2n) is 8.86. The summed E-state index contributed by atoms with van der Waals surface area (Å²) in [5.41, 5.74) is 1.52. The molecule has 0 aliphatic carbocycles. The summed E-state index contributed by atoms with van der Waals surface area (Å²) in [6, 6.07) is 18.0. The number of aliphatic hydroxyl groups excluding tert-OH is 1. The van der Waals surface area contributed by atoms with Gasteiger partial charge in [-0.3, -0.25) is 24.0 Å². The summed E-state index contributed by atoms with van der Waals surface area (Å²) in [6.07, 6.45) is 1.44. The molecule has 2 aromatic rings. The van der Waals surface area contributed by atoms with Crippen LogP contribution in [-0.2, 0) is 35.0 Å². The van der Waals surface area contributed by atoms with Crippen LogP contribution in [0.5, 0.6) is 0 Å². The fourth-order valence-electron chi connectivity index (χ4n) is 4.34. The Bertz CT molecular complexity index is 1260. The van der Waals surface area contributed by atoms with Crippen molar-refractivity contribution < 1.29 is 33.7 Å². The van der Waals surface area contributed by atoms with E-state index in [-0.39, 0.29) is 31.7 Å². The van der Waals surface area contributed by atoms with Crippen molar-refractivity contribution >= 4 is 55.5 Å². The number of hydrogen-bond donors (Lipinski definition) is 1. The molecule has 2 fully saturated rings. The number of benzene rings is 2. The second kappa shape index (κ2) is 12.7. The molecule has 1 unspecified atom stereocenters. The third-order valence-electron chi connectivity index (χ3n) is 6.34. The Morgan fingerprint density at radius 3 is 2.36 bits per heavy atom. The van der Waals surface area contributed by atoms with Gasteiger partial charge in [-0.2, -0.15) is 5.10 Å². The predicted octanol–water partition coefficient (Wildman–Crippen LogP) is 0.314. The van der Waals surface area contributed by atoms with Crippen molar-refractivity contribution in [3.05, 3.63) is 71.8 Å². The van der Waals surface area contributed by atoms with E-state index in [9.17, 15) is 29.1 Å². The maximum absolute atomic E-state index is 13.0. The molecule has 39 heavy (non-hydrogen) atoms. The molecule has 3 atom stereocenters. The van der Waals surface area contributed by atoms with Crippen molar-refractivity contribution in [1.29, 1.82) is 0 Å². The van der Waals surface area contributed by atoms with E-state index < -0.39 is 47.1 Å². The summed E-state index contributed by atoms with van der Waals surface area (Å²) in [5.74, 6) is -4.48. The Kier molecular flexibility index (Phi) is 9.15. The zero-order chi connectivity index (χ0) is 27.9. The lowest BCUT2D eigenvalue weighted by atomic mass is 9.91. The number of hydrazone groups is 1. The van der Waals surface area contributed by atoms with Crippen molar-refractivity contribution in [2.45, 2.75) is 23.6 Å². The third-order valence-corrected chi connectivity index (χ3v) is 7.91. The van der Waals surface area contributed by atoms with Gasteiger partial charge in [0.05, 0.1) is 24.1 Å². The van der Waals surface area contributed by atoms with Gasteiger partial charge < -0.3 is 19.6 Å². The first kappa shape index (κ1) is 28.1. The number of carbonyl (C=O) groups is 5. The first-order valence-corrected chi connectivity index (χ1v) is 13.0. The van der Waals surface area contributed by atoms with Crippen LogP contribution in [0.15, 0.2) is 65.8 Å². The number of nitrogens with zero attached hydrogens (tertiary/aromatic N) is 4. The Labute approximate surface area is 230 Å². The molecule has 2 aliphatic heterocycles. The van der Waals surface area contributed by atoms with Crippen LogP contribution in [0.3, 0.4) is 0 Å². The number of piperazine rings is 1. The number of ketones is 1. The normalized spacial score (nSPS) is 20.2. The number of hydrogen-bond acceptors (Lipinski definition) is 9. The lowest BCUT2D eigenvalue weighted by molar-refractivity contribution is -0.160. The van der Waals surface area contributed by atoms with Crippen molar-refractivity contribution in [2.24, 2.45) is 11.0 Å². The van der Waals surface area contributed by atoms with Crippen LogP contribution in [0, 0.1) is 5.92 Å². The van der Waals surface area contributed by atoms with E-state index in [1.54, 1.807) is 48.5 Å². The molecule has 1 N–H and O–H groups in total. The second-order valence-corrected chi connectivity index (χ2v) is 10.1. The molecular weight excluding hydrogens is 523 g/mol. The molecule has 11 nitrogen and oxygen atoms in total. The molecule has 2 heterocycles. The van der Waals surface area contributed by atoms with Gasteiger partial charge in [0.15, 0.2) is 5.37 Å². The Morgan fingerprint density at radius 1 is 1.05 bits per heavy atom. The van der Waals surface area contributed by atoms with Gasteiger partial charge in [0.2, 0.25) is 5.91 Å². The molecule has 0 bridgehead atoms. The largest absolute Gasteiger partial charge is 0.541 e. The van der Waals surface area contributed by atoms with Crippen LogP contribution >= 0.6 is 11.8 Å². The minimum absolute atomic E-state index is 0.00484. The number of Topliss-reactive ketones (excluding diaryl/α,β-unsaturated/α-hetero) is 1. The summed E-state index contributed by atoms with van der Waals surface area (Å²) in [6.45, 7) is -0.727. The molecule has 2 aromatic carbocycles. The lowest BCUT2D eigenvalue weighted by Crippen LogP contribution is -2.63. The minimum Gasteiger partial charge on any atom is -0.541 e. The van der Waals surface area contributed by atoms with Gasteiger partial charge in [0.25, 0.3) is 0 Å². The van der Waals surface area contributed by atoms with Crippen LogP contribution < -0.4 is 0 Å². The summed E-state index contributed by atoms with van der Waals surface area (Å²) >= 11 is 0.815. The number of rotatable bonds is 11. The highest BCUT2D eigenvalue weighted by Gasteiger charge is 2.51. The fraction of sp³-hybridized carbons (Fsp3) is 0.308. The number of amides is 3. The van der Waals surface area contributed by atoms with E-state index in [0.29, 0.717) is 0 Å². The van der Waals surface area contributed by atoms with Gasteiger partial charge in [-0.15, -0.1) is 0 Å². The quantitative estimate of drug-likeness (QED) is 0.184. The Morgan fingerprint density at radius 2 is 1.72 bits per heavy atom. The van der Waals surface area contributed by atoms with E-state index in [4.69, 9.17) is 8.05 Å². The predicted molar refractivity (Wildman–Crippen MR) is 142 cm³/mol. The zero-order valence-electron chi connectivity index (χ0n) is 20.8. The SMILES string of the molecule is [B]OC(=O)C(S[C@@H]1[C@H](CC(=O)Cc2ccccc2)C(=O)N1CO)N1CCN(/N=C/c2ccccc2)C(=O)C1=O. The number of β-lactam (4-membered cyclic amide) rings is 1. The van der Waals surface area contributed by atoms with Crippen LogP contribution in [0.25, 0.3) is 0 Å². The average molecular weight is 548 g/mol. The number of likely N-dealkylation sites (tertiary alicyclic amines) is 1. The highest BCUT2D eigenvalue weighted by molar-refractivity contribution is 8.01. The smallest absolute Gasteiger partial charge is 0.378 e.